The highest BCUT2D eigenvalue weighted by atomic mass is 32.2. The van der Waals surface area contributed by atoms with Crippen LogP contribution in [0.1, 0.15) is 13.3 Å². The molecule has 5 heteroatoms. The van der Waals surface area contributed by atoms with Gasteiger partial charge in [0.05, 0.1) is 12.0 Å². The normalized spacial score (nSPS) is 21.6. The van der Waals surface area contributed by atoms with Crippen LogP contribution < -0.4 is 4.74 Å². The quantitative estimate of drug-likeness (QED) is 0.826. The molecule has 1 unspecified atom stereocenters. The molecule has 0 spiro atoms. The average Bonchev–Trinajstić information content (AvgIpc) is 2.76. The van der Waals surface area contributed by atoms with Crippen molar-refractivity contribution in [1.29, 1.82) is 0 Å². The summed E-state index contributed by atoms with van der Waals surface area (Å²) in [5.41, 5.74) is 0. The zero-order valence-corrected chi connectivity index (χ0v) is 10.9. The maximum Gasteiger partial charge on any atom is 0.243 e. The Morgan fingerprint density at radius 1 is 1.41 bits per heavy atom. The molecule has 17 heavy (non-hydrogen) atoms. The third-order valence-electron chi connectivity index (χ3n) is 3.07. The highest BCUT2D eigenvalue weighted by Crippen LogP contribution is 2.25. The molecule has 0 bridgehead atoms. The molecular weight excluding hydrogens is 238 g/mol. The minimum atomic E-state index is -3.35. The fraction of sp³-hybridized carbons (Fsp3) is 0.500. The molecule has 0 aliphatic carbocycles. The molecule has 1 aliphatic rings. The summed E-state index contributed by atoms with van der Waals surface area (Å²) in [6.45, 7) is 3.29. The zero-order valence-electron chi connectivity index (χ0n) is 10.1. The van der Waals surface area contributed by atoms with Gasteiger partial charge in [-0.25, -0.2) is 8.42 Å². The molecule has 0 amide bonds. The zero-order chi connectivity index (χ0) is 12.5. The second-order valence-electron chi connectivity index (χ2n) is 4.44. The molecule has 0 radical (unpaired) electrons. The van der Waals surface area contributed by atoms with E-state index < -0.39 is 10.0 Å². The smallest absolute Gasteiger partial charge is 0.243 e. The van der Waals surface area contributed by atoms with E-state index in [4.69, 9.17) is 4.74 Å². The number of ether oxygens (including phenoxy) is 1. The highest BCUT2D eigenvalue weighted by molar-refractivity contribution is 7.89. The minimum Gasteiger partial charge on any atom is -0.497 e. The highest BCUT2D eigenvalue weighted by Gasteiger charge is 2.30. The number of methoxy groups -OCH3 is 1. The Hall–Kier alpha value is -1.07. The summed E-state index contributed by atoms with van der Waals surface area (Å²) in [4.78, 5) is 0.311. The molecule has 94 valence electrons. The van der Waals surface area contributed by atoms with Crippen molar-refractivity contribution in [2.45, 2.75) is 18.2 Å². The lowest BCUT2D eigenvalue weighted by atomic mass is 10.2. The van der Waals surface area contributed by atoms with Gasteiger partial charge < -0.3 is 4.74 Å². The third-order valence-corrected chi connectivity index (χ3v) is 4.93. The van der Waals surface area contributed by atoms with Crippen molar-refractivity contribution >= 4 is 10.0 Å². The van der Waals surface area contributed by atoms with Gasteiger partial charge in [0.2, 0.25) is 10.0 Å². The number of benzene rings is 1. The standard InChI is InChI=1S/C12H17NO3S/c1-10-6-7-13(9-10)17(14,15)12-5-3-4-11(8-12)16-2/h3-5,8,10H,6-7,9H2,1-2H3. The molecule has 1 aliphatic heterocycles. The van der Waals surface area contributed by atoms with Gasteiger partial charge >= 0.3 is 0 Å². The van der Waals surface area contributed by atoms with E-state index in [-0.39, 0.29) is 0 Å². The fourth-order valence-corrected chi connectivity index (χ4v) is 3.63. The summed E-state index contributed by atoms with van der Waals surface area (Å²) in [6.07, 6.45) is 0.934. The molecule has 1 aromatic carbocycles. The lowest BCUT2D eigenvalue weighted by molar-refractivity contribution is 0.412. The molecule has 4 nitrogen and oxygen atoms in total. The monoisotopic (exact) mass is 255 g/mol. The fourth-order valence-electron chi connectivity index (χ4n) is 2.02. The van der Waals surface area contributed by atoms with E-state index in [1.807, 2.05) is 0 Å². The van der Waals surface area contributed by atoms with Crippen molar-refractivity contribution in [2.75, 3.05) is 20.2 Å². The van der Waals surface area contributed by atoms with Gasteiger partial charge in [-0.3, -0.25) is 0 Å². The molecule has 1 fully saturated rings. The van der Waals surface area contributed by atoms with Crippen LogP contribution in [0.3, 0.4) is 0 Å². The van der Waals surface area contributed by atoms with Crippen LogP contribution >= 0.6 is 0 Å². The lowest BCUT2D eigenvalue weighted by Crippen LogP contribution is -2.28. The molecule has 0 N–H and O–H groups in total. The maximum atomic E-state index is 12.3. The molecule has 0 aromatic heterocycles. The Morgan fingerprint density at radius 2 is 2.18 bits per heavy atom. The van der Waals surface area contributed by atoms with Crippen molar-refractivity contribution in [3.05, 3.63) is 24.3 Å². The second-order valence-corrected chi connectivity index (χ2v) is 6.37. The van der Waals surface area contributed by atoms with Crippen molar-refractivity contribution in [3.63, 3.8) is 0 Å². The van der Waals surface area contributed by atoms with Crippen molar-refractivity contribution in [1.82, 2.24) is 4.31 Å². The summed E-state index contributed by atoms with van der Waals surface area (Å²) in [5, 5.41) is 0. The number of hydrogen-bond acceptors (Lipinski definition) is 3. The number of hydrogen-bond donors (Lipinski definition) is 0. The van der Waals surface area contributed by atoms with Crippen LogP contribution in [-0.4, -0.2) is 32.9 Å². The molecule has 1 atom stereocenters. The summed E-state index contributed by atoms with van der Waals surface area (Å²) in [7, 11) is -1.82. The van der Waals surface area contributed by atoms with Crippen molar-refractivity contribution in [3.8, 4) is 5.75 Å². The van der Waals surface area contributed by atoms with Gasteiger partial charge in [-0.2, -0.15) is 4.31 Å². The predicted molar refractivity (Wildman–Crippen MR) is 65.5 cm³/mol. The van der Waals surface area contributed by atoms with Crippen LogP contribution in [-0.2, 0) is 10.0 Å². The van der Waals surface area contributed by atoms with E-state index in [1.165, 1.54) is 7.11 Å². The predicted octanol–water partition coefficient (Wildman–Crippen LogP) is 1.73. The van der Waals surface area contributed by atoms with E-state index in [2.05, 4.69) is 6.92 Å². The largest absolute Gasteiger partial charge is 0.497 e. The van der Waals surface area contributed by atoms with Crippen LogP contribution in [0.5, 0.6) is 5.75 Å². The molecule has 2 rings (SSSR count). The Kier molecular flexibility index (Phi) is 3.40. The van der Waals surface area contributed by atoms with Gasteiger partial charge in [-0.05, 0) is 24.5 Å². The van der Waals surface area contributed by atoms with E-state index in [9.17, 15) is 8.42 Å². The average molecular weight is 255 g/mol. The van der Waals surface area contributed by atoms with E-state index in [0.29, 0.717) is 29.7 Å². The second kappa shape index (κ2) is 4.66. The molecule has 1 saturated heterocycles. The van der Waals surface area contributed by atoms with Crippen LogP contribution in [0.25, 0.3) is 0 Å². The SMILES string of the molecule is COc1cccc(S(=O)(=O)N2CCC(C)C2)c1. The lowest BCUT2D eigenvalue weighted by Gasteiger charge is -2.16. The van der Waals surface area contributed by atoms with E-state index in [0.717, 1.165) is 6.42 Å². The van der Waals surface area contributed by atoms with E-state index in [1.54, 1.807) is 28.6 Å². The minimum absolute atomic E-state index is 0.311. The van der Waals surface area contributed by atoms with Gasteiger partial charge in [-0.1, -0.05) is 13.0 Å². The number of rotatable bonds is 3. The van der Waals surface area contributed by atoms with E-state index >= 15 is 0 Å². The van der Waals surface area contributed by atoms with Gasteiger partial charge in [0.1, 0.15) is 5.75 Å². The van der Waals surface area contributed by atoms with Crippen LogP contribution in [0.15, 0.2) is 29.2 Å². The van der Waals surface area contributed by atoms with Crippen LogP contribution in [0, 0.1) is 5.92 Å². The van der Waals surface area contributed by atoms with Gasteiger partial charge in [0.15, 0.2) is 0 Å². The molecule has 0 saturated carbocycles. The summed E-state index contributed by atoms with van der Waals surface area (Å²) in [6, 6.07) is 6.62. The van der Waals surface area contributed by atoms with Gasteiger partial charge in [-0.15, -0.1) is 0 Å². The summed E-state index contributed by atoms with van der Waals surface area (Å²) < 4.78 is 31.2. The Labute approximate surface area is 102 Å². The first-order valence-corrected chi connectivity index (χ1v) is 7.12. The first-order chi connectivity index (χ1) is 8.04. The van der Waals surface area contributed by atoms with Gasteiger partial charge in [0.25, 0.3) is 0 Å². The van der Waals surface area contributed by atoms with Crippen molar-refractivity contribution in [2.24, 2.45) is 5.92 Å². The van der Waals surface area contributed by atoms with Crippen molar-refractivity contribution < 1.29 is 13.2 Å². The molecule has 1 aromatic rings. The Bertz CT molecular complexity index is 498. The Balaban J connectivity index is 2.31. The number of nitrogens with zero attached hydrogens (tertiary/aromatic N) is 1. The first-order valence-electron chi connectivity index (χ1n) is 5.68. The molecular formula is C12H17NO3S. The first kappa shape index (κ1) is 12.4. The summed E-state index contributed by atoms with van der Waals surface area (Å²) >= 11 is 0. The van der Waals surface area contributed by atoms with Crippen LogP contribution in [0.4, 0.5) is 0 Å². The summed E-state index contributed by atoms with van der Waals surface area (Å²) in [5.74, 6) is 1.01. The number of sulfonamides is 1. The third kappa shape index (κ3) is 2.45. The molecule has 1 heterocycles. The Morgan fingerprint density at radius 3 is 2.76 bits per heavy atom. The van der Waals surface area contributed by atoms with Gasteiger partial charge in [0, 0.05) is 19.2 Å². The maximum absolute atomic E-state index is 12.3. The topological polar surface area (TPSA) is 46.6 Å². The van der Waals surface area contributed by atoms with Crippen LogP contribution in [0.2, 0.25) is 0 Å².